The van der Waals surface area contributed by atoms with Crippen molar-refractivity contribution in [3.8, 4) is 10.6 Å². The Morgan fingerprint density at radius 1 is 1.39 bits per heavy atom. The summed E-state index contributed by atoms with van der Waals surface area (Å²) < 4.78 is 4.55. The van der Waals surface area contributed by atoms with Crippen LogP contribution in [0.3, 0.4) is 0 Å². The van der Waals surface area contributed by atoms with E-state index in [1.807, 2.05) is 0 Å². The van der Waals surface area contributed by atoms with E-state index in [9.17, 15) is 14.9 Å². The SMILES string of the molecule is COC(=O)c1csc(-c2ccc([N+](=O)[O-])cc2)n1. The van der Waals surface area contributed by atoms with Crippen molar-refractivity contribution in [2.75, 3.05) is 7.11 Å². The molecule has 0 aliphatic heterocycles. The molecular formula is C11H8N2O4S. The van der Waals surface area contributed by atoms with Crippen LogP contribution in [0.4, 0.5) is 5.69 Å². The largest absolute Gasteiger partial charge is 0.464 e. The number of nitrogens with zero attached hydrogens (tertiary/aromatic N) is 2. The maximum atomic E-state index is 11.2. The summed E-state index contributed by atoms with van der Waals surface area (Å²) in [6, 6.07) is 5.99. The number of esters is 1. The number of hydrogen-bond acceptors (Lipinski definition) is 6. The highest BCUT2D eigenvalue weighted by molar-refractivity contribution is 7.13. The van der Waals surface area contributed by atoms with E-state index in [2.05, 4.69) is 9.72 Å². The van der Waals surface area contributed by atoms with Gasteiger partial charge in [-0.1, -0.05) is 0 Å². The van der Waals surface area contributed by atoms with Crippen LogP contribution in [-0.4, -0.2) is 23.0 Å². The molecule has 2 rings (SSSR count). The number of non-ortho nitro benzene ring substituents is 1. The number of methoxy groups -OCH3 is 1. The maximum absolute atomic E-state index is 11.2. The molecule has 0 atom stereocenters. The summed E-state index contributed by atoms with van der Waals surface area (Å²) in [7, 11) is 1.28. The van der Waals surface area contributed by atoms with Crippen LogP contribution in [0.1, 0.15) is 10.5 Å². The Hall–Kier alpha value is -2.28. The van der Waals surface area contributed by atoms with Crippen LogP contribution in [-0.2, 0) is 4.74 Å². The number of hydrogen-bond donors (Lipinski definition) is 0. The fraction of sp³-hybridized carbons (Fsp3) is 0.0909. The van der Waals surface area contributed by atoms with Gasteiger partial charge in [0.05, 0.1) is 12.0 Å². The fourth-order valence-corrected chi connectivity index (χ4v) is 2.13. The van der Waals surface area contributed by atoms with Crippen LogP contribution in [0.5, 0.6) is 0 Å². The first-order valence-corrected chi connectivity index (χ1v) is 5.78. The Morgan fingerprint density at radius 3 is 2.61 bits per heavy atom. The van der Waals surface area contributed by atoms with Gasteiger partial charge < -0.3 is 4.74 Å². The normalized spacial score (nSPS) is 10.1. The summed E-state index contributed by atoms with van der Waals surface area (Å²) in [5.41, 5.74) is 0.972. The molecule has 0 aliphatic rings. The molecule has 0 saturated heterocycles. The van der Waals surface area contributed by atoms with Gasteiger partial charge in [0.1, 0.15) is 5.01 Å². The minimum absolute atomic E-state index is 0.0171. The van der Waals surface area contributed by atoms with E-state index in [0.29, 0.717) is 5.01 Å². The molecule has 7 heteroatoms. The van der Waals surface area contributed by atoms with Crippen molar-refractivity contribution >= 4 is 23.0 Å². The molecule has 6 nitrogen and oxygen atoms in total. The number of carbonyl (C=O) groups excluding carboxylic acids is 1. The van der Waals surface area contributed by atoms with E-state index in [4.69, 9.17) is 0 Å². The topological polar surface area (TPSA) is 82.3 Å². The second kappa shape index (κ2) is 4.92. The highest BCUT2D eigenvalue weighted by atomic mass is 32.1. The standard InChI is InChI=1S/C11H8N2O4S/c1-17-11(14)9-6-18-10(12-9)7-2-4-8(5-3-7)13(15)16/h2-6H,1H3. The number of nitro groups is 1. The molecule has 1 aromatic carbocycles. The van der Waals surface area contributed by atoms with Crippen LogP contribution >= 0.6 is 11.3 Å². The van der Waals surface area contributed by atoms with Gasteiger partial charge >= 0.3 is 5.97 Å². The van der Waals surface area contributed by atoms with Crippen molar-refractivity contribution in [2.24, 2.45) is 0 Å². The molecule has 92 valence electrons. The van der Waals surface area contributed by atoms with Crippen LogP contribution < -0.4 is 0 Å². The van der Waals surface area contributed by atoms with Crippen molar-refractivity contribution < 1.29 is 14.5 Å². The van der Waals surface area contributed by atoms with Crippen molar-refractivity contribution in [1.29, 1.82) is 0 Å². The fourth-order valence-electron chi connectivity index (χ4n) is 1.33. The summed E-state index contributed by atoms with van der Waals surface area (Å²) in [5.74, 6) is -0.501. The maximum Gasteiger partial charge on any atom is 0.357 e. The van der Waals surface area contributed by atoms with Crippen LogP contribution in [0.2, 0.25) is 0 Å². The van der Waals surface area contributed by atoms with E-state index in [1.54, 1.807) is 17.5 Å². The van der Waals surface area contributed by atoms with Crippen LogP contribution in [0.15, 0.2) is 29.6 Å². The molecule has 18 heavy (non-hydrogen) atoms. The highest BCUT2D eigenvalue weighted by Gasteiger charge is 2.12. The minimum atomic E-state index is -0.501. The average molecular weight is 264 g/mol. The molecular weight excluding hydrogens is 256 g/mol. The van der Waals surface area contributed by atoms with E-state index in [1.165, 1.54) is 30.6 Å². The molecule has 0 spiro atoms. The summed E-state index contributed by atoms with van der Waals surface area (Å²) in [5, 5.41) is 12.7. The predicted molar refractivity (Wildman–Crippen MR) is 65.5 cm³/mol. The molecule has 2 aromatic rings. The Labute approximate surface area is 106 Å². The van der Waals surface area contributed by atoms with Gasteiger partial charge in [-0.25, -0.2) is 9.78 Å². The lowest BCUT2D eigenvalue weighted by Crippen LogP contribution is -2.00. The first-order valence-electron chi connectivity index (χ1n) is 4.90. The smallest absolute Gasteiger partial charge is 0.357 e. The monoisotopic (exact) mass is 264 g/mol. The third-order valence-electron chi connectivity index (χ3n) is 2.22. The lowest BCUT2D eigenvalue weighted by Gasteiger charge is -1.96. The molecule has 0 radical (unpaired) electrons. The van der Waals surface area contributed by atoms with Crippen molar-refractivity contribution in [3.63, 3.8) is 0 Å². The number of rotatable bonds is 3. The number of ether oxygens (including phenoxy) is 1. The average Bonchev–Trinajstić information content (AvgIpc) is 2.87. The second-order valence-electron chi connectivity index (χ2n) is 3.33. The Balaban J connectivity index is 2.29. The van der Waals surface area contributed by atoms with Crippen LogP contribution in [0, 0.1) is 10.1 Å². The zero-order valence-electron chi connectivity index (χ0n) is 9.32. The lowest BCUT2D eigenvalue weighted by molar-refractivity contribution is -0.384. The minimum Gasteiger partial charge on any atom is -0.464 e. The molecule has 0 N–H and O–H groups in total. The first-order chi connectivity index (χ1) is 8.61. The highest BCUT2D eigenvalue weighted by Crippen LogP contribution is 2.25. The van der Waals surface area contributed by atoms with Crippen molar-refractivity contribution in [1.82, 2.24) is 4.98 Å². The summed E-state index contributed by atoms with van der Waals surface area (Å²) in [6.45, 7) is 0. The molecule has 0 bridgehead atoms. The van der Waals surface area contributed by atoms with Gasteiger partial charge in [-0.3, -0.25) is 10.1 Å². The van der Waals surface area contributed by atoms with Gasteiger partial charge in [0, 0.05) is 23.1 Å². The number of thiazole rings is 1. The Bertz CT molecular complexity index is 591. The third-order valence-corrected chi connectivity index (χ3v) is 3.12. The van der Waals surface area contributed by atoms with Gasteiger partial charge in [0.15, 0.2) is 5.69 Å². The number of nitro benzene ring substituents is 1. The molecule has 1 aromatic heterocycles. The molecule has 0 fully saturated rings. The third kappa shape index (κ3) is 2.35. The van der Waals surface area contributed by atoms with E-state index in [-0.39, 0.29) is 11.4 Å². The van der Waals surface area contributed by atoms with Crippen molar-refractivity contribution in [3.05, 3.63) is 45.5 Å². The van der Waals surface area contributed by atoms with Crippen molar-refractivity contribution in [2.45, 2.75) is 0 Å². The van der Waals surface area contributed by atoms with Gasteiger partial charge in [0.25, 0.3) is 5.69 Å². The molecule has 0 amide bonds. The Morgan fingerprint density at radius 2 is 2.06 bits per heavy atom. The van der Waals surface area contributed by atoms with Gasteiger partial charge in [-0.2, -0.15) is 0 Å². The van der Waals surface area contributed by atoms with Gasteiger partial charge in [-0.05, 0) is 12.1 Å². The number of benzene rings is 1. The van der Waals surface area contributed by atoms with E-state index < -0.39 is 10.9 Å². The molecule has 1 heterocycles. The van der Waals surface area contributed by atoms with E-state index >= 15 is 0 Å². The number of aromatic nitrogens is 1. The molecule has 0 unspecified atom stereocenters. The van der Waals surface area contributed by atoms with Gasteiger partial charge in [-0.15, -0.1) is 11.3 Å². The van der Waals surface area contributed by atoms with Gasteiger partial charge in [0.2, 0.25) is 0 Å². The lowest BCUT2D eigenvalue weighted by atomic mass is 10.2. The summed E-state index contributed by atoms with van der Waals surface area (Å²) in [6.07, 6.45) is 0. The van der Waals surface area contributed by atoms with E-state index in [0.717, 1.165) is 5.56 Å². The predicted octanol–water partition coefficient (Wildman–Crippen LogP) is 2.50. The molecule has 0 saturated carbocycles. The zero-order chi connectivity index (χ0) is 13.1. The first kappa shape index (κ1) is 12.2. The second-order valence-corrected chi connectivity index (χ2v) is 4.19. The summed E-state index contributed by atoms with van der Waals surface area (Å²) >= 11 is 1.28. The quantitative estimate of drug-likeness (QED) is 0.483. The zero-order valence-corrected chi connectivity index (χ0v) is 10.1. The Kier molecular flexibility index (Phi) is 3.33. The summed E-state index contributed by atoms with van der Waals surface area (Å²) in [4.78, 5) is 25.4. The van der Waals surface area contributed by atoms with Crippen LogP contribution in [0.25, 0.3) is 10.6 Å². The molecule has 0 aliphatic carbocycles. The number of carbonyl (C=O) groups is 1.